The first-order valence-electron chi connectivity index (χ1n) is 16.6. The molecule has 49 heavy (non-hydrogen) atoms. The van der Waals surface area contributed by atoms with Gasteiger partial charge in [0.25, 0.3) is 0 Å². The molecule has 0 atom stereocenters. The van der Waals surface area contributed by atoms with Gasteiger partial charge in [-0.3, -0.25) is 9.97 Å². The van der Waals surface area contributed by atoms with E-state index in [0.717, 1.165) is 45.3 Å². The summed E-state index contributed by atoms with van der Waals surface area (Å²) in [5.41, 5.74) is 16.4. The molecule has 5 aromatic heterocycles. The molecule has 0 N–H and O–H groups in total. The van der Waals surface area contributed by atoms with E-state index < -0.39 is 6.28 Å². The lowest BCUT2D eigenvalue weighted by atomic mass is 9.26. The van der Waals surface area contributed by atoms with Crippen LogP contribution < -0.4 is 20.9 Å². The Kier molecular flexibility index (Phi) is 6.05. The van der Waals surface area contributed by atoms with Crippen molar-refractivity contribution in [2.75, 3.05) is 0 Å². The van der Waals surface area contributed by atoms with Crippen molar-refractivity contribution in [3.05, 3.63) is 170 Å². The fraction of sp³-hybridized carbons (Fsp3) is 0. The predicted molar refractivity (Wildman–Crippen MR) is 197 cm³/mol. The van der Waals surface area contributed by atoms with Crippen molar-refractivity contribution in [3.8, 4) is 67.7 Å². The summed E-state index contributed by atoms with van der Waals surface area (Å²) in [4.78, 5) is 19.3. The summed E-state index contributed by atoms with van der Waals surface area (Å²) in [6.07, 6.45) is 4.36. The smallest absolute Gasteiger partial charge is 0.362 e. The lowest BCUT2D eigenvalue weighted by Crippen LogP contribution is -2.81. The van der Waals surface area contributed by atoms with Gasteiger partial charge in [0.15, 0.2) is 5.69 Å². The summed E-state index contributed by atoms with van der Waals surface area (Å²) in [6, 6.07) is 53.4. The highest BCUT2D eigenvalue weighted by Crippen LogP contribution is 2.35. The first-order chi connectivity index (χ1) is 24.3. The van der Waals surface area contributed by atoms with Crippen LogP contribution in [0.2, 0.25) is 0 Å². The van der Waals surface area contributed by atoms with Gasteiger partial charge in [0.2, 0.25) is 0 Å². The molecule has 6 heteroatoms. The zero-order valence-corrected chi connectivity index (χ0v) is 26.5. The second-order valence-corrected chi connectivity index (χ2v) is 12.8. The summed E-state index contributed by atoms with van der Waals surface area (Å²) in [5, 5.41) is 0. The van der Waals surface area contributed by atoms with Crippen LogP contribution in [0.3, 0.4) is 0 Å². The van der Waals surface area contributed by atoms with Crippen LogP contribution in [0.1, 0.15) is 0 Å². The van der Waals surface area contributed by atoms with E-state index in [1.54, 1.807) is 0 Å². The van der Waals surface area contributed by atoms with Gasteiger partial charge >= 0.3 is 6.28 Å². The SMILES string of the molecule is c1ccc(-c2cccc(-c3ccc4c(c3)[B-]3(c5ccccc5-c5ccccc53)[n+]3cc(-c5cccc(-c6ccccn6)n5)ccc3-4)n2)nc1. The molecule has 10 rings (SSSR count). The second kappa shape index (κ2) is 10.8. The van der Waals surface area contributed by atoms with Gasteiger partial charge < -0.3 is 4.48 Å². The lowest BCUT2D eigenvalue weighted by molar-refractivity contribution is -0.523. The summed E-state index contributed by atoms with van der Waals surface area (Å²) in [6.45, 7) is 0. The molecule has 0 unspecified atom stereocenters. The number of hydrogen-bond acceptors (Lipinski definition) is 4. The van der Waals surface area contributed by atoms with E-state index in [0.29, 0.717) is 0 Å². The Balaban J connectivity index is 1.21. The third-order valence-electron chi connectivity index (χ3n) is 10.2. The average molecular weight is 626 g/mol. The molecule has 2 aliphatic heterocycles. The highest BCUT2D eigenvalue weighted by molar-refractivity contribution is 7.09. The van der Waals surface area contributed by atoms with E-state index in [4.69, 9.17) is 9.97 Å². The van der Waals surface area contributed by atoms with Gasteiger partial charge in [-0.1, -0.05) is 91.0 Å². The van der Waals surface area contributed by atoms with Crippen molar-refractivity contribution in [1.82, 2.24) is 19.9 Å². The molecule has 7 heterocycles. The standard InChI is InChI=1S/C43H28BN5/c1-3-13-34-31(11-1)32-12-2-4-14-35(32)44(34)36-27-29(37-17-9-19-41(47-37)39-15-5-7-25-45-39)21-23-33(36)43-24-22-30(28-49(43)44)38-18-10-20-42(48-38)40-16-6-8-26-46-40/h1-28H. The monoisotopic (exact) mass is 625 g/mol. The summed E-state index contributed by atoms with van der Waals surface area (Å²) < 4.78 is 2.54. The molecule has 228 valence electrons. The third-order valence-corrected chi connectivity index (χ3v) is 10.2. The molecule has 0 saturated carbocycles. The third kappa shape index (κ3) is 4.11. The van der Waals surface area contributed by atoms with Crippen LogP contribution in [0.5, 0.6) is 0 Å². The van der Waals surface area contributed by atoms with Crippen molar-refractivity contribution < 1.29 is 4.48 Å². The molecule has 0 aliphatic carbocycles. The van der Waals surface area contributed by atoms with Crippen LogP contribution in [0.4, 0.5) is 0 Å². The average Bonchev–Trinajstić information content (AvgIpc) is 3.65. The van der Waals surface area contributed by atoms with E-state index in [1.807, 2.05) is 60.9 Å². The van der Waals surface area contributed by atoms with Gasteiger partial charge in [0.05, 0.1) is 39.7 Å². The lowest BCUT2D eigenvalue weighted by Gasteiger charge is -2.30. The fourth-order valence-corrected chi connectivity index (χ4v) is 8.19. The van der Waals surface area contributed by atoms with Gasteiger partial charge in [-0.05, 0) is 71.3 Å². The van der Waals surface area contributed by atoms with Crippen molar-refractivity contribution in [2.45, 2.75) is 0 Å². The van der Waals surface area contributed by atoms with Crippen LogP contribution >= 0.6 is 0 Å². The molecular formula is C43H28BN5. The number of aromatic nitrogens is 5. The molecule has 3 aromatic carbocycles. The Morgan fingerprint density at radius 1 is 0.388 bits per heavy atom. The Labute approximate surface area is 284 Å². The maximum Gasteiger partial charge on any atom is 0.362 e. The first-order valence-corrected chi connectivity index (χ1v) is 16.6. The quantitative estimate of drug-likeness (QED) is 0.205. The van der Waals surface area contributed by atoms with Gasteiger partial charge in [0.1, 0.15) is 6.20 Å². The Bertz CT molecular complexity index is 2390. The molecule has 0 bridgehead atoms. The second-order valence-electron chi connectivity index (χ2n) is 12.8. The number of nitrogens with zero attached hydrogens (tertiary/aromatic N) is 5. The topological polar surface area (TPSA) is 55.4 Å². The number of pyridine rings is 5. The largest absolute Gasteiger partial charge is 0.408 e. The highest BCUT2D eigenvalue weighted by atomic mass is 15.0. The minimum absolute atomic E-state index is 0.855. The maximum atomic E-state index is 5.10. The van der Waals surface area contributed by atoms with E-state index in [1.165, 1.54) is 38.8 Å². The molecule has 0 fully saturated rings. The van der Waals surface area contributed by atoms with Crippen molar-refractivity contribution >= 4 is 22.7 Å². The first kappa shape index (κ1) is 27.6. The molecule has 2 aliphatic rings. The molecule has 8 aromatic rings. The van der Waals surface area contributed by atoms with Gasteiger partial charge in [0, 0.05) is 24.0 Å². The van der Waals surface area contributed by atoms with E-state index >= 15 is 0 Å². The normalized spacial score (nSPS) is 13.1. The predicted octanol–water partition coefficient (Wildman–Crippen LogP) is 6.70. The summed E-state index contributed by atoms with van der Waals surface area (Å²) in [5.74, 6) is 0. The number of hydrogen-bond donors (Lipinski definition) is 0. The van der Waals surface area contributed by atoms with Crippen LogP contribution in [0.25, 0.3) is 67.7 Å². The Morgan fingerprint density at radius 2 is 0.918 bits per heavy atom. The maximum absolute atomic E-state index is 5.10. The Morgan fingerprint density at radius 3 is 1.53 bits per heavy atom. The number of rotatable bonds is 4. The molecule has 0 amide bonds. The van der Waals surface area contributed by atoms with E-state index in [-0.39, 0.29) is 0 Å². The van der Waals surface area contributed by atoms with E-state index in [9.17, 15) is 0 Å². The van der Waals surface area contributed by atoms with Crippen molar-refractivity contribution in [1.29, 1.82) is 0 Å². The molecule has 5 nitrogen and oxygen atoms in total. The van der Waals surface area contributed by atoms with Crippen LogP contribution in [-0.2, 0) is 0 Å². The zero-order chi connectivity index (χ0) is 32.4. The van der Waals surface area contributed by atoms with Gasteiger partial charge in [-0.15, -0.1) is 16.4 Å². The van der Waals surface area contributed by atoms with Gasteiger partial charge in [-0.25, -0.2) is 9.97 Å². The molecule has 0 saturated heterocycles. The van der Waals surface area contributed by atoms with Crippen molar-refractivity contribution in [2.24, 2.45) is 0 Å². The number of benzene rings is 3. The number of fused-ring (bicyclic) bond motifs is 10. The summed E-state index contributed by atoms with van der Waals surface area (Å²) in [7, 11) is 0. The molecular weight excluding hydrogens is 597 g/mol. The molecule has 0 radical (unpaired) electrons. The summed E-state index contributed by atoms with van der Waals surface area (Å²) >= 11 is 0. The van der Waals surface area contributed by atoms with Crippen LogP contribution in [-0.4, -0.2) is 26.2 Å². The van der Waals surface area contributed by atoms with Crippen LogP contribution in [0, 0.1) is 0 Å². The Hall–Kier alpha value is -6.53. The minimum atomic E-state index is -1.58. The van der Waals surface area contributed by atoms with Gasteiger partial charge in [-0.2, -0.15) is 0 Å². The molecule has 1 spiro atoms. The van der Waals surface area contributed by atoms with Crippen LogP contribution in [0.15, 0.2) is 170 Å². The zero-order valence-electron chi connectivity index (χ0n) is 26.5. The van der Waals surface area contributed by atoms with E-state index in [2.05, 4.69) is 124 Å². The highest BCUT2D eigenvalue weighted by Gasteiger charge is 2.54. The fourth-order valence-electron chi connectivity index (χ4n) is 8.19. The minimum Gasteiger partial charge on any atom is -0.408 e. The van der Waals surface area contributed by atoms with Crippen molar-refractivity contribution in [3.63, 3.8) is 0 Å².